The standard InChI is InChI=1S/C20H25N3O3/c1-20(2,3)14-11-13(9-10-18(24)26-4)12-17(19(14)25)23-22-16-8-6-5-7-15(16)21/h5-8,11-12,21,23,25H,9-10H2,1-4H3/b21-15?,22-16-. The van der Waals surface area contributed by atoms with Gasteiger partial charge in [-0.15, -0.1) is 0 Å². The number of anilines is 1. The molecule has 0 saturated carbocycles. The number of aromatic hydroxyl groups is 1. The van der Waals surface area contributed by atoms with Crippen molar-refractivity contribution in [3.05, 3.63) is 47.6 Å². The fourth-order valence-electron chi connectivity index (χ4n) is 2.54. The maximum absolute atomic E-state index is 11.4. The highest BCUT2D eigenvalue weighted by atomic mass is 16.5. The summed E-state index contributed by atoms with van der Waals surface area (Å²) in [5.74, 6) is -0.164. The van der Waals surface area contributed by atoms with Crippen LogP contribution in [0.5, 0.6) is 5.75 Å². The van der Waals surface area contributed by atoms with E-state index >= 15 is 0 Å². The summed E-state index contributed by atoms with van der Waals surface area (Å²) in [6.45, 7) is 6.02. The number of phenols is 1. The molecule has 0 aliphatic heterocycles. The number of phenolic OH excluding ortho intramolecular Hbond substituents is 1. The molecule has 0 fully saturated rings. The molecule has 0 aromatic heterocycles. The van der Waals surface area contributed by atoms with Crippen molar-refractivity contribution in [1.29, 1.82) is 5.41 Å². The Kier molecular flexibility index (Phi) is 5.97. The molecular formula is C20H25N3O3. The molecule has 0 amide bonds. The average Bonchev–Trinajstić information content (AvgIpc) is 2.59. The van der Waals surface area contributed by atoms with Crippen LogP contribution in [0.4, 0.5) is 5.69 Å². The minimum absolute atomic E-state index is 0.116. The molecule has 1 aliphatic carbocycles. The largest absolute Gasteiger partial charge is 0.505 e. The summed E-state index contributed by atoms with van der Waals surface area (Å²) in [6, 6.07) is 3.67. The molecule has 0 unspecified atom stereocenters. The van der Waals surface area contributed by atoms with Crippen molar-refractivity contribution < 1.29 is 14.6 Å². The Labute approximate surface area is 153 Å². The topological polar surface area (TPSA) is 94.8 Å². The van der Waals surface area contributed by atoms with Crippen LogP contribution in [0.1, 0.15) is 38.3 Å². The zero-order valence-electron chi connectivity index (χ0n) is 15.6. The first-order valence-corrected chi connectivity index (χ1v) is 8.43. The molecule has 0 heterocycles. The Bertz CT molecular complexity index is 799. The van der Waals surface area contributed by atoms with Crippen LogP contribution in [-0.4, -0.2) is 29.6 Å². The maximum atomic E-state index is 11.4. The fraction of sp³-hybridized carbons (Fsp3) is 0.350. The van der Waals surface area contributed by atoms with Gasteiger partial charge in [0.1, 0.15) is 11.5 Å². The molecule has 26 heavy (non-hydrogen) atoms. The van der Waals surface area contributed by atoms with Gasteiger partial charge in [-0.3, -0.25) is 15.6 Å². The number of benzene rings is 1. The number of methoxy groups -OCH3 is 1. The molecular weight excluding hydrogens is 330 g/mol. The molecule has 0 spiro atoms. The Morgan fingerprint density at radius 3 is 2.58 bits per heavy atom. The predicted octanol–water partition coefficient (Wildman–Crippen LogP) is 3.71. The molecule has 6 heteroatoms. The summed E-state index contributed by atoms with van der Waals surface area (Å²) in [6.07, 6.45) is 7.69. The van der Waals surface area contributed by atoms with Crippen LogP contribution in [0, 0.1) is 5.41 Å². The number of hydrazone groups is 1. The highest BCUT2D eigenvalue weighted by molar-refractivity contribution is 6.50. The van der Waals surface area contributed by atoms with Crippen molar-refractivity contribution >= 4 is 23.1 Å². The van der Waals surface area contributed by atoms with Gasteiger partial charge >= 0.3 is 5.97 Å². The molecule has 138 valence electrons. The van der Waals surface area contributed by atoms with E-state index in [1.54, 1.807) is 30.4 Å². The van der Waals surface area contributed by atoms with Gasteiger partial charge in [0.15, 0.2) is 0 Å². The first-order chi connectivity index (χ1) is 12.2. The molecule has 0 atom stereocenters. The van der Waals surface area contributed by atoms with Crippen molar-refractivity contribution in [2.45, 2.75) is 39.0 Å². The first kappa shape index (κ1) is 19.4. The number of hydrogen-bond donors (Lipinski definition) is 3. The van der Waals surface area contributed by atoms with Crippen LogP contribution in [0.25, 0.3) is 0 Å². The average molecular weight is 355 g/mol. The molecule has 2 rings (SSSR count). The summed E-state index contributed by atoms with van der Waals surface area (Å²) in [5.41, 5.74) is 5.45. The van der Waals surface area contributed by atoms with E-state index in [4.69, 9.17) is 10.1 Å². The number of hydrogen-bond acceptors (Lipinski definition) is 6. The number of allylic oxidation sites excluding steroid dienone is 4. The van der Waals surface area contributed by atoms with Crippen LogP contribution in [-0.2, 0) is 21.4 Å². The van der Waals surface area contributed by atoms with Gasteiger partial charge in [-0.2, -0.15) is 5.10 Å². The van der Waals surface area contributed by atoms with Crippen molar-refractivity contribution in [2.75, 3.05) is 12.5 Å². The Morgan fingerprint density at radius 1 is 1.27 bits per heavy atom. The van der Waals surface area contributed by atoms with Gasteiger partial charge in [0.05, 0.1) is 18.5 Å². The van der Waals surface area contributed by atoms with Crippen molar-refractivity contribution in [3.8, 4) is 5.75 Å². The third kappa shape index (κ3) is 4.81. The van der Waals surface area contributed by atoms with Gasteiger partial charge < -0.3 is 9.84 Å². The lowest BCUT2D eigenvalue weighted by Crippen LogP contribution is -2.14. The lowest BCUT2D eigenvalue weighted by molar-refractivity contribution is -0.140. The summed E-state index contributed by atoms with van der Waals surface area (Å²) in [5, 5.41) is 22.7. The molecule has 0 bridgehead atoms. The second kappa shape index (κ2) is 7.99. The van der Waals surface area contributed by atoms with Crippen molar-refractivity contribution in [3.63, 3.8) is 0 Å². The Hall–Kier alpha value is -2.89. The number of aryl methyl sites for hydroxylation is 1. The lowest BCUT2D eigenvalue weighted by atomic mass is 9.84. The second-order valence-corrected chi connectivity index (χ2v) is 7.11. The SMILES string of the molecule is COC(=O)CCc1cc(N/N=C2/C=CC=CC2=N)c(O)c(C(C)(C)C)c1. The van der Waals surface area contributed by atoms with Crippen LogP contribution >= 0.6 is 0 Å². The van der Waals surface area contributed by atoms with Gasteiger partial charge in [-0.05, 0) is 35.6 Å². The number of nitrogens with zero attached hydrogens (tertiary/aromatic N) is 1. The minimum Gasteiger partial charge on any atom is -0.505 e. The highest BCUT2D eigenvalue weighted by Gasteiger charge is 2.22. The minimum atomic E-state index is -0.283. The van der Waals surface area contributed by atoms with Crippen LogP contribution < -0.4 is 5.43 Å². The third-order valence-electron chi connectivity index (χ3n) is 4.02. The third-order valence-corrected chi connectivity index (χ3v) is 4.02. The molecule has 1 aromatic rings. The number of esters is 1. The van der Waals surface area contributed by atoms with Gasteiger partial charge in [0.25, 0.3) is 0 Å². The highest BCUT2D eigenvalue weighted by Crippen LogP contribution is 2.37. The normalized spacial score (nSPS) is 15.4. The number of nitrogens with one attached hydrogen (secondary N) is 2. The molecule has 1 aromatic carbocycles. The number of carbonyl (C=O) groups excluding carboxylic acids is 1. The second-order valence-electron chi connectivity index (χ2n) is 7.11. The molecule has 6 nitrogen and oxygen atoms in total. The van der Waals surface area contributed by atoms with Gasteiger partial charge in [0, 0.05) is 12.0 Å². The van der Waals surface area contributed by atoms with E-state index in [0.717, 1.165) is 11.1 Å². The predicted molar refractivity (Wildman–Crippen MR) is 104 cm³/mol. The molecule has 3 N–H and O–H groups in total. The van der Waals surface area contributed by atoms with E-state index in [-0.39, 0.29) is 29.3 Å². The summed E-state index contributed by atoms with van der Waals surface area (Å²) >= 11 is 0. The zero-order chi connectivity index (χ0) is 19.3. The van der Waals surface area contributed by atoms with E-state index in [9.17, 15) is 9.90 Å². The van der Waals surface area contributed by atoms with Crippen molar-refractivity contribution in [2.24, 2.45) is 5.10 Å². The molecule has 0 saturated heterocycles. The Morgan fingerprint density at radius 2 is 1.96 bits per heavy atom. The lowest BCUT2D eigenvalue weighted by Gasteiger charge is -2.23. The summed E-state index contributed by atoms with van der Waals surface area (Å²) in [4.78, 5) is 11.4. The van der Waals surface area contributed by atoms with Crippen LogP contribution in [0.2, 0.25) is 0 Å². The van der Waals surface area contributed by atoms with Crippen molar-refractivity contribution in [1.82, 2.24) is 0 Å². The molecule has 0 radical (unpaired) electrons. The quantitative estimate of drug-likeness (QED) is 0.325. The molecule has 1 aliphatic rings. The van der Waals surface area contributed by atoms with Crippen LogP contribution in [0.15, 0.2) is 41.5 Å². The van der Waals surface area contributed by atoms with Crippen LogP contribution in [0.3, 0.4) is 0 Å². The number of ether oxygens (including phenoxy) is 1. The van der Waals surface area contributed by atoms with Gasteiger partial charge in [0.2, 0.25) is 0 Å². The number of rotatable bonds is 5. The first-order valence-electron chi connectivity index (χ1n) is 8.43. The zero-order valence-corrected chi connectivity index (χ0v) is 15.6. The van der Waals surface area contributed by atoms with Gasteiger partial charge in [-0.25, -0.2) is 0 Å². The van der Waals surface area contributed by atoms with E-state index in [1.807, 2.05) is 26.8 Å². The number of carbonyl (C=O) groups is 1. The van der Waals surface area contributed by atoms with E-state index < -0.39 is 0 Å². The summed E-state index contributed by atoms with van der Waals surface area (Å²) in [7, 11) is 1.36. The maximum Gasteiger partial charge on any atom is 0.305 e. The van der Waals surface area contributed by atoms with E-state index in [2.05, 4.69) is 10.5 Å². The monoisotopic (exact) mass is 355 g/mol. The summed E-state index contributed by atoms with van der Waals surface area (Å²) < 4.78 is 4.70. The fourth-order valence-corrected chi connectivity index (χ4v) is 2.54. The smallest absolute Gasteiger partial charge is 0.305 e. The Balaban J connectivity index is 2.35. The van der Waals surface area contributed by atoms with E-state index in [0.29, 0.717) is 17.8 Å². The van der Waals surface area contributed by atoms with E-state index in [1.165, 1.54) is 7.11 Å². The van der Waals surface area contributed by atoms with Gasteiger partial charge in [-0.1, -0.05) is 39.0 Å².